The van der Waals surface area contributed by atoms with Crippen molar-refractivity contribution in [3.05, 3.63) is 28.2 Å². The van der Waals surface area contributed by atoms with Crippen molar-refractivity contribution in [2.24, 2.45) is 11.7 Å². The summed E-state index contributed by atoms with van der Waals surface area (Å²) in [4.78, 5) is 0.433. The van der Waals surface area contributed by atoms with Crippen LogP contribution in [0.3, 0.4) is 0 Å². The molecule has 0 saturated heterocycles. The van der Waals surface area contributed by atoms with Gasteiger partial charge in [0, 0.05) is 16.0 Å². The smallest absolute Gasteiger partial charge is 0.122 e. The third-order valence-corrected chi connectivity index (χ3v) is 2.66. The van der Waals surface area contributed by atoms with Gasteiger partial charge in [-0.15, -0.1) is 0 Å². The largest absolute Gasteiger partial charge is 0.493 e. The van der Waals surface area contributed by atoms with Crippen molar-refractivity contribution in [3.63, 3.8) is 0 Å². The fourth-order valence-corrected chi connectivity index (χ4v) is 1.49. The summed E-state index contributed by atoms with van der Waals surface area (Å²) in [5.41, 5.74) is 5.46. The Balaban J connectivity index is 2.61. The molecular formula is C10H11Cl2NOS. The van der Waals surface area contributed by atoms with E-state index in [0.717, 1.165) is 0 Å². The molecule has 0 aromatic heterocycles. The Hall–Kier alpha value is -0.510. The lowest BCUT2D eigenvalue weighted by Gasteiger charge is -2.11. The van der Waals surface area contributed by atoms with Gasteiger partial charge in [-0.3, -0.25) is 0 Å². The Morgan fingerprint density at radius 1 is 1.40 bits per heavy atom. The first-order valence-electron chi connectivity index (χ1n) is 4.37. The van der Waals surface area contributed by atoms with Crippen molar-refractivity contribution in [1.29, 1.82) is 0 Å². The number of hydrogen-bond acceptors (Lipinski definition) is 2. The molecule has 2 nitrogen and oxygen atoms in total. The van der Waals surface area contributed by atoms with Crippen LogP contribution in [0.2, 0.25) is 10.0 Å². The quantitative estimate of drug-likeness (QED) is 0.847. The molecule has 0 spiro atoms. The zero-order chi connectivity index (χ0) is 11.4. The van der Waals surface area contributed by atoms with Gasteiger partial charge in [0.15, 0.2) is 0 Å². The third kappa shape index (κ3) is 4.24. The highest BCUT2D eigenvalue weighted by Gasteiger charge is 2.06. The van der Waals surface area contributed by atoms with E-state index in [2.05, 4.69) is 0 Å². The topological polar surface area (TPSA) is 35.2 Å². The van der Waals surface area contributed by atoms with Crippen LogP contribution in [0.1, 0.15) is 6.92 Å². The van der Waals surface area contributed by atoms with E-state index in [0.29, 0.717) is 27.4 Å². The summed E-state index contributed by atoms with van der Waals surface area (Å²) in [6, 6.07) is 5.03. The predicted molar refractivity (Wildman–Crippen MR) is 67.9 cm³/mol. The van der Waals surface area contributed by atoms with Gasteiger partial charge in [-0.2, -0.15) is 0 Å². The second-order valence-corrected chi connectivity index (χ2v) is 4.56. The van der Waals surface area contributed by atoms with Gasteiger partial charge in [-0.1, -0.05) is 42.3 Å². The van der Waals surface area contributed by atoms with Gasteiger partial charge in [0.25, 0.3) is 0 Å². The van der Waals surface area contributed by atoms with Crippen molar-refractivity contribution in [2.75, 3.05) is 6.61 Å². The van der Waals surface area contributed by atoms with Crippen LogP contribution < -0.4 is 10.5 Å². The van der Waals surface area contributed by atoms with Crippen molar-refractivity contribution >= 4 is 40.4 Å². The van der Waals surface area contributed by atoms with Crippen molar-refractivity contribution in [3.8, 4) is 5.75 Å². The molecule has 5 heteroatoms. The molecule has 0 heterocycles. The van der Waals surface area contributed by atoms with E-state index >= 15 is 0 Å². The predicted octanol–water partition coefficient (Wildman–Crippen LogP) is 3.29. The van der Waals surface area contributed by atoms with E-state index in [4.69, 9.17) is 45.9 Å². The van der Waals surface area contributed by atoms with Crippen LogP contribution >= 0.6 is 35.4 Å². The molecule has 0 bridgehead atoms. The standard InChI is InChI=1S/C10H11Cl2NOS/c1-6(10(13)15)5-14-9-3-7(11)2-8(12)4-9/h2-4,6H,5H2,1H3,(H2,13,15). The van der Waals surface area contributed by atoms with Gasteiger partial charge >= 0.3 is 0 Å². The number of hydrogen-bond donors (Lipinski definition) is 1. The number of rotatable bonds is 4. The van der Waals surface area contributed by atoms with Gasteiger partial charge in [0.05, 0.1) is 11.6 Å². The molecule has 0 aliphatic rings. The van der Waals surface area contributed by atoms with Gasteiger partial charge in [-0.25, -0.2) is 0 Å². The summed E-state index contributed by atoms with van der Waals surface area (Å²) in [5, 5.41) is 1.08. The highest BCUT2D eigenvalue weighted by atomic mass is 35.5. The molecule has 1 unspecified atom stereocenters. The van der Waals surface area contributed by atoms with E-state index in [1.165, 1.54) is 0 Å². The highest BCUT2D eigenvalue weighted by molar-refractivity contribution is 7.80. The van der Waals surface area contributed by atoms with Crippen LogP contribution in [0.15, 0.2) is 18.2 Å². The molecule has 0 aliphatic carbocycles. The monoisotopic (exact) mass is 263 g/mol. The Morgan fingerprint density at radius 2 is 1.93 bits per heavy atom. The highest BCUT2D eigenvalue weighted by Crippen LogP contribution is 2.24. The first-order chi connectivity index (χ1) is 6.99. The Kier molecular flexibility index (Phi) is 4.64. The van der Waals surface area contributed by atoms with Crippen LogP contribution in [0.4, 0.5) is 0 Å². The molecule has 0 radical (unpaired) electrons. The summed E-state index contributed by atoms with van der Waals surface area (Å²) in [6.45, 7) is 2.32. The maximum atomic E-state index is 5.81. The summed E-state index contributed by atoms with van der Waals surface area (Å²) in [6.07, 6.45) is 0. The zero-order valence-corrected chi connectivity index (χ0v) is 10.5. The molecule has 0 amide bonds. The Labute approximate surface area is 104 Å². The number of nitrogens with two attached hydrogens (primary N) is 1. The molecule has 15 heavy (non-hydrogen) atoms. The molecular weight excluding hydrogens is 253 g/mol. The van der Waals surface area contributed by atoms with E-state index < -0.39 is 0 Å². The molecule has 0 fully saturated rings. The normalized spacial score (nSPS) is 12.2. The summed E-state index contributed by atoms with van der Waals surface area (Å²) in [5.74, 6) is 0.647. The van der Waals surface area contributed by atoms with Gasteiger partial charge in [0.1, 0.15) is 5.75 Å². The van der Waals surface area contributed by atoms with Crippen LogP contribution in [-0.4, -0.2) is 11.6 Å². The molecule has 0 aliphatic heterocycles. The fourth-order valence-electron chi connectivity index (χ4n) is 0.915. The summed E-state index contributed by atoms with van der Waals surface area (Å²) >= 11 is 16.5. The van der Waals surface area contributed by atoms with Crippen molar-refractivity contribution in [1.82, 2.24) is 0 Å². The first kappa shape index (κ1) is 12.6. The second-order valence-electron chi connectivity index (χ2n) is 3.22. The van der Waals surface area contributed by atoms with E-state index in [9.17, 15) is 0 Å². The molecule has 1 aromatic rings. The maximum absolute atomic E-state index is 5.81. The molecule has 2 N–H and O–H groups in total. The van der Waals surface area contributed by atoms with E-state index in [1.807, 2.05) is 6.92 Å². The second kappa shape index (κ2) is 5.54. The van der Waals surface area contributed by atoms with Gasteiger partial charge < -0.3 is 10.5 Å². The van der Waals surface area contributed by atoms with Crippen LogP contribution in [0.5, 0.6) is 5.75 Å². The third-order valence-electron chi connectivity index (χ3n) is 1.82. The molecule has 1 aromatic carbocycles. The van der Waals surface area contributed by atoms with Crippen LogP contribution in [0.25, 0.3) is 0 Å². The average molecular weight is 264 g/mol. The van der Waals surface area contributed by atoms with Crippen molar-refractivity contribution in [2.45, 2.75) is 6.92 Å². The molecule has 1 rings (SSSR count). The lowest BCUT2D eigenvalue weighted by Crippen LogP contribution is -2.23. The van der Waals surface area contributed by atoms with Gasteiger partial charge in [0.2, 0.25) is 0 Å². The Bertz CT molecular complexity index is 350. The Morgan fingerprint density at radius 3 is 2.40 bits per heavy atom. The summed E-state index contributed by atoms with van der Waals surface area (Å²) < 4.78 is 5.45. The van der Waals surface area contributed by atoms with E-state index in [-0.39, 0.29) is 5.92 Å². The minimum absolute atomic E-state index is 0.0257. The zero-order valence-electron chi connectivity index (χ0n) is 8.17. The minimum atomic E-state index is 0.0257. The molecule has 1 atom stereocenters. The number of ether oxygens (including phenoxy) is 1. The summed E-state index contributed by atoms with van der Waals surface area (Å²) in [7, 11) is 0. The minimum Gasteiger partial charge on any atom is -0.493 e. The number of halogens is 2. The SMILES string of the molecule is CC(COc1cc(Cl)cc(Cl)c1)C(N)=S. The number of thiocarbonyl (C=S) groups is 1. The van der Waals surface area contributed by atoms with Crippen LogP contribution in [-0.2, 0) is 0 Å². The molecule has 82 valence electrons. The van der Waals surface area contributed by atoms with Crippen LogP contribution in [0, 0.1) is 5.92 Å². The molecule has 0 saturated carbocycles. The van der Waals surface area contributed by atoms with Crippen molar-refractivity contribution < 1.29 is 4.74 Å². The van der Waals surface area contributed by atoms with E-state index in [1.54, 1.807) is 18.2 Å². The average Bonchev–Trinajstić information content (AvgIpc) is 2.12. The maximum Gasteiger partial charge on any atom is 0.122 e. The lowest BCUT2D eigenvalue weighted by atomic mass is 10.2. The fraction of sp³-hybridized carbons (Fsp3) is 0.300. The van der Waals surface area contributed by atoms with Gasteiger partial charge in [-0.05, 0) is 18.2 Å². The lowest BCUT2D eigenvalue weighted by molar-refractivity contribution is 0.293. The first-order valence-corrected chi connectivity index (χ1v) is 5.53. The number of benzene rings is 1.